The van der Waals surface area contributed by atoms with E-state index in [-0.39, 0.29) is 11.2 Å². The van der Waals surface area contributed by atoms with Crippen LogP contribution in [-0.4, -0.2) is 17.2 Å². The van der Waals surface area contributed by atoms with Crippen LogP contribution in [0.5, 0.6) is 0 Å². The van der Waals surface area contributed by atoms with Gasteiger partial charge in [0.05, 0.1) is 5.69 Å². The van der Waals surface area contributed by atoms with Gasteiger partial charge in [-0.25, -0.2) is 4.39 Å². The zero-order chi connectivity index (χ0) is 8.43. The molecule has 0 spiro atoms. The van der Waals surface area contributed by atoms with Crippen LogP contribution < -0.4 is 11.2 Å². The lowest BCUT2D eigenvalue weighted by molar-refractivity contribution is 0.423. The predicted molar refractivity (Wildman–Crippen MR) is 40.6 cm³/mol. The minimum atomic E-state index is -1.81. The van der Waals surface area contributed by atoms with E-state index in [9.17, 15) is 4.39 Å². The number of hydrogen-bond donors (Lipinski definition) is 3. The average Bonchev–Trinajstić information content (AvgIpc) is 1.94. The van der Waals surface area contributed by atoms with Gasteiger partial charge in [-0.15, -0.1) is 0 Å². The number of anilines is 1. The standard InChI is InChI=1S/C6H7BFNO2/c8-6-4(7(10)11)2-1-3-5(6)9/h1-3,10-11H,9H2. The van der Waals surface area contributed by atoms with E-state index in [1.807, 2.05) is 0 Å². The number of halogens is 1. The molecule has 0 aliphatic heterocycles. The summed E-state index contributed by atoms with van der Waals surface area (Å²) in [6.45, 7) is 0. The van der Waals surface area contributed by atoms with Crippen molar-refractivity contribution in [2.24, 2.45) is 0 Å². The first-order valence-corrected chi connectivity index (χ1v) is 3.03. The molecule has 5 heteroatoms. The Morgan fingerprint density at radius 1 is 1.36 bits per heavy atom. The molecule has 0 aromatic heterocycles. The highest BCUT2D eigenvalue weighted by molar-refractivity contribution is 6.58. The zero-order valence-corrected chi connectivity index (χ0v) is 5.66. The lowest BCUT2D eigenvalue weighted by Crippen LogP contribution is -2.33. The third-order valence-electron chi connectivity index (χ3n) is 1.34. The van der Waals surface area contributed by atoms with Gasteiger partial charge in [0.15, 0.2) is 0 Å². The first-order chi connectivity index (χ1) is 5.13. The lowest BCUT2D eigenvalue weighted by atomic mass is 9.80. The van der Waals surface area contributed by atoms with Crippen LogP contribution in [0.2, 0.25) is 0 Å². The molecule has 0 fully saturated rings. The molecule has 0 atom stereocenters. The summed E-state index contributed by atoms with van der Waals surface area (Å²) in [6, 6.07) is 4.06. The molecule has 0 saturated carbocycles. The van der Waals surface area contributed by atoms with Gasteiger partial charge in [-0.05, 0) is 6.07 Å². The van der Waals surface area contributed by atoms with E-state index in [1.54, 1.807) is 0 Å². The molecule has 0 amide bonds. The van der Waals surface area contributed by atoms with E-state index in [4.69, 9.17) is 15.8 Å². The van der Waals surface area contributed by atoms with Gasteiger partial charge in [0, 0.05) is 5.46 Å². The fraction of sp³-hybridized carbons (Fsp3) is 0. The number of nitrogen functional groups attached to an aromatic ring is 1. The van der Waals surface area contributed by atoms with Crippen LogP contribution in [0.4, 0.5) is 10.1 Å². The van der Waals surface area contributed by atoms with E-state index < -0.39 is 12.9 Å². The van der Waals surface area contributed by atoms with Crippen molar-refractivity contribution in [2.75, 3.05) is 5.73 Å². The third-order valence-corrected chi connectivity index (χ3v) is 1.34. The van der Waals surface area contributed by atoms with E-state index in [2.05, 4.69) is 0 Å². The quantitative estimate of drug-likeness (QED) is 0.363. The molecule has 11 heavy (non-hydrogen) atoms. The van der Waals surface area contributed by atoms with Crippen molar-refractivity contribution in [2.45, 2.75) is 0 Å². The maximum absolute atomic E-state index is 12.8. The Labute approximate surface area is 63.4 Å². The molecule has 1 aromatic carbocycles. The molecule has 0 unspecified atom stereocenters. The normalized spacial score (nSPS) is 9.73. The van der Waals surface area contributed by atoms with Gasteiger partial charge in [0.1, 0.15) is 5.82 Å². The van der Waals surface area contributed by atoms with Crippen LogP contribution in [0.15, 0.2) is 18.2 Å². The molecule has 4 N–H and O–H groups in total. The topological polar surface area (TPSA) is 66.5 Å². The smallest absolute Gasteiger partial charge is 0.423 e. The van der Waals surface area contributed by atoms with Crippen molar-refractivity contribution >= 4 is 18.3 Å². The summed E-state index contributed by atoms with van der Waals surface area (Å²) < 4.78 is 12.8. The summed E-state index contributed by atoms with van der Waals surface area (Å²) >= 11 is 0. The Morgan fingerprint density at radius 3 is 2.45 bits per heavy atom. The minimum absolute atomic E-state index is 0.0874. The van der Waals surface area contributed by atoms with Crippen LogP contribution in [-0.2, 0) is 0 Å². The maximum atomic E-state index is 12.8. The molecule has 0 radical (unpaired) electrons. The largest absolute Gasteiger partial charge is 0.491 e. The lowest BCUT2D eigenvalue weighted by Gasteiger charge is -2.02. The van der Waals surface area contributed by atoms with Crippen molar-refractivity contribution in [3.8, 4) is 0 Å². The van der Waals surface area contributed by atoms with E-state index >= 15 is 0 Å². The second kappa shape index (κ2) is 2.90. The maximum Gasteiger partial charge on any atom is 0.491 e. The van der Waals surface area contributed by atoms with E-state index in [0.717, 1.165) is 0 Å². The van der Waals surface area contributed by atoms with Gasteiger partial charge in [0.25, 0.3) is 0 Å². The van der Waals surface area contributed by atoms with E-state index in [1.165, 1.54) is 18.2 Å². The van der Waals surface area contributed by atoms with E-state index in [0.29, 0.717) is 0 Å². The first kappa shape index (κ1) is 8.04. The van der Waals surface area contributed by atoms with Gasteiger partial charge in [0.2, 0.25) is 0 Å². The number of hydrogen-bond acceptors (Lipinski definition) is 3. The minimum Gasteiger partial charge on any atom is -0.423 e. The molecule has 1 rings (SSSR count). The summed E-state index contributed by atoms with van der Waals surface area (Å²) in [5.41, 5.74) is 4.87. The second-order valence-corrected chi connectivity index (χ2v) is 2.12. The first-order valence-electron chi connectivity index (χ1n) is 3.03. The van der Waals surface area contributed by atoms with Gasteiger partial charge < -0.3 is 15.8 Å². The Bertz CT molecular complexity index is 267. The van der Waals surface area contributed by atoms with Crippen LogP contribution in [0.3, 0.4) is 0 Å². The second-order valence-electron chi connectivity index (χ2n) is 2.12. The summed E-state index contributed by atoms with van der Waals surface area (Å²) in [5.74, 6) is -0.775. The Balaban J connectivity index is 3.17. The Hall–Kier alpha value is -1.07. The molecule has 0 aliphatic rings. The van der Waals surface area contributed by atoms with Crippen LogP contribution in [0, 0.1) is 5.82 Å². The Kier molecular flexibility index (Phi) is 2.12. The fourth-order valence-corrected chi connectivity index (χ4v) is 0.768. The van der Waals surface area contributed by atoms with Crippen molar-refractivity contribution < 1.29 is 14.4 Å². The predicted octanol–water partition coefficient (Wildman–Crippen LogP) is -0.912. The molecule has 0 saturated heterocycles. The van der Waals surface area contributed by atoms with Crippen molar-refractivity contribution in [3.05, 3.63) is 24.0 Å². The number of nitrogens with two attached hydrogens (primary N) is 1. The van der Waals surface area contributed by atoms with Crippen molar-refractivity contribution in [1.29, 1.82) is 0 Å². The molecule has 0 heterocycles. The number of rotatable bonds is 1. The molecule has 3 nitrogen and oxygen atoms in total. The monoisotopic (exact) mass is 155 g/mol. The SMILES string of the molecule is Nc1cccc(B(O)O)c1F. The number of benzene rings is 1. The van der Waals surface area contributed by atoms with Crippen LogP contribution in [0.1, 0.15) is 0 Å². The highest BCUT2D eigenvalue weighted by Crippen LogP contribution is 2.05. The van der Waals surface area contributed by atoms with Gasteiger partial charge in [-0.1, -0.05) is 12.1 Å². The summed E-state index contributed by atoms with van der Waals surface area (Å²) in [4.78, 5) is 0. The molecule has 1 aromatic rings. The highest BCUT2D eigenvalue weighted by Gasteiger charge is 2.16. The van der Waals surface area contributed by atoms with Crippen LogP contribution >= 0.6 is 0 Å². The zero-order valence-electron chi connectivity index (χ0n) is 5.66. The van der Waals surface area contributed by atoms with Gasteiger partial charge >= 0.3 is 7.12 Å². The molecule has 0 aliphatic carbocycles. The summed E-state index contributed by atoms with van der Waals surface area (Å²) in [7, 11) is -1.81. The highest BCUT2D eigenvalue weighted by atomic mass is 19.1. The third kappa shape index (κ3) is 1.50. The fourth-order valence-electron chi connectivity index (χ4n) is 0.768. The molecular formula is C6H7BFNO2. The average molecular weight is 155 g/mol. The molecule has 58 valence electrons. The van der Waals surface area contributed by atoms with Crippen molar-refractivity contribution in [3.63, 3.8) is 0 Å². The van der Waals surface area contributed by atoms with Crippen molar-refractivity contribution in [1.82, 2.24) is 0 Å². The molecular weight excluding hydrogens is 148 g/mol. The molecule has 0 bridgehead atoms. The van der Waals surface area contributed by atoms with Gasteiger partial charge in [-0.3, -0.25) is 0 Å². The van der Waals surface area contributed by atoms with Gasteiger partial charge in [-0.2, -0.15) is 0 Å². The van der Waals surface area contributed by atoms with Crippen LogP contribution in [0.25, 0.3) is 0 Å². The Morgan fingerprint density at radius 2 is 2.00 bits per heavy atom. The summed E-state index contributed by atoms with van der Waals surface area (Å²) in [6.07, 6.45) is 0. The summed E-state index contributed by atoms with van der Waals surface area (Å²) in [5, 5.41) is 17.2.